The number of nitrogens with zero attached hydrogens (tertiary/aromatic N) is 1. The Hall–Kier alpha value is -0.510. The van der Waals surface area contributed by atoms with E-state index in [4.69, 9.17) is 5.26 Å². The maximum atomic E-state index is 8.19. The lowest BCUT2D eigenvalue weighted by Gasteiger charge is -2.02. The summed E-state index contributed by atoms with van der Waals surface area (Å²) < 4.78 is 0. The zero-order valence-electron chi connectivity index (χ0n) is 4.81. The lowest BCUT2D eigenvalue weighted by Crippen LogP contribution is -1.99. The molecular formula is C6H10N. The van der Waals surface area contributed by atoms with Crippen molar-refractivity contribution in [3.63, 3.8) is 0 Å². The second kappa shape index (κ2) is 2.63. The Morgan fingerprint density at radius 3 is 2.00 bits per heavy atom. The minimum absolute atomic E-state index is 0.0417. The van der Waals surface area contributed by atoms with Gasteiger partial charge in [-0.25, -0.2) is 0 Å². The lowest BCUT2D eigenvalue weighted by molar-refractivity contribution is 0.557. The predicted molar refractivity (Wildman–Crippen MR) is 29.3 cm³/mol. The standard InChI is InChI=1S/C6H10N/c1-5(2)6(3)4-7/h5-6H,3H2,1-2H3. The third-order valence-electron chi connectivity index (χ3n) is 0.971. The summed E-state index contributed by atoms with van der Waals surface area (Å²) in [4.78, 5) is 0. The maximum absolute atomic E-state index is 8.19. The van der Waals surface area contributed by atoms with E-state index in [-0.39, 0.29) is 5.92 Å². The van der Waals surface area contributed by atoms with Crippen LogP contribution < -0.4 is 0 Å². The minimum atomic E-state index is -0.0417. The summed E-state index contributed by atoms with van der Waals surface area (Å²) in [5.74, 6) is 0.352. The fraction of sp³-hybridized carbons (Fsp3) is 0.667. The summed E-state index contributed by atoms with van der Waals surface area (Å²) in [6, 6.07) is 2.05. The molecule has 1 unspecified atom stereocenters. The van der Waals surface area contributed by atoms with Crippen molar-refractivity contribution in [2.45, 2.75) is 13.8 Å². The van der Waals surface area contributed by atoms with Crippen LogP contribution in [0.2, 0.25) is 0 Å². The van der Waals surface area contributed by atoms with E-state index in [1.54, 1.807) is 0 Å². The summed E-state index contributed by atoms with van der Waals surface area (Å²) >= 11 is 0. The van der Waals surface area contributed by atoms with Crippen LogP contribution in [0.25, 0.3) is 0 Å². The van der Waals surface area contributed by atoms with E-state index in [0.717, 1.165) is 0 Å². The molecule has 0 aromatic carbocycles. The van der Waals surface area contributed by atoms with E-state index in [2.05, 4.69) is 13.0 Å². The average molecular weight is 96.2 g/mol. The molecule has 0 aliphatic rings. The lowest BCUT2D eigenvalue weighted by atomic mass is 10.0. The quantitative estimate of drug-likeness (QED) is 0.486. The van der Waals surface area contributed by atoms with Gasteiger partial charge in [-0.15, -0.1) is 0 Å². The molecule has 0 heterocycles. The van der Waals surface area contributed by atoms with E-state index >= 15 is 0 Å². The average Bonchev–Trinajstić information content (AvgIpc) is 1.65. The molecule has 1 heteroatoms. The highest BCUT2D eigenvalue weighted by molar-refractivity contribution is 4.86. The van der Waals surface area contributed by atoms with Gasteiger partial charge in [0.1, 0.15) is 0 Å². The van der Waals surface area contributed by atoms with Crippen LogP contribution in [-0.4, -0.2) is 0 Å². The van der Waals surface area contributed by atoms with Gasteiger partial charge < -0.3 is 0 Å². The molecule has 1 atom stereocenters. The van der Waals surface area contributed by atoms with Crippen molar-refractivity contribution in [1.82, 2.24) is 0 Å². The van der Waals surface area contributed by atoms with Gasteiger partial charge in [0.25, 0.3) is 0 Å². The number of nitriles is 1. The molecule has 0 saturated heterocycles. The van der Waals surface area contributed by atoms with Crippen LogP contribution in [0.4, 0.5) is 0 Å². The Labute approximate surface area is 45.0 Å². The van der Waals surface area contributed by atoms with Gasteiger partial charge in [-0.2, -0.15) is 5.26 Å². The molecule has 0 N–H and O–H groups in total. The first-order chi connectivity index (χ1) is 3.18. The van der Waals surface area contributed by atoms with Crippen LogP contribution in [0.3, 0.4) is 0 Å². The van der Waals surface area contributed by atoms with Crippen LogP contribution in [0.15, 0.2) is 0 Å². The minimum Gasteiger partial charge on any atom is -0.198 e. The molecule has 0 aliphatic heterocycles. The normalized spacial score (nSPS) is 13.6. The van der Waals surface area contributed by atoms with Crippen molar-refractivity contribution in [2.75, 3.05) is 0 Å². The molecule has 0 bridgehead atoms. The summed E-state index contributed by atoms with van der Waals surface area (Å²) in [6.45, 7) is 7.57. The Balaban J connectivity index is 3.40. The second-order valence-electron chi connectivity index (χ2n) is 1.98. The Morgan fingerprint density at radius 2 is 2.00 bits per heavy atom. The molecule has 0 aromatic rings. The summed E-state index contributed by atoms with van der Waals surface area (Å²) in [5, 5.41) is 8.19. The molecule has 39 valence electrons. The smallest absolute Gasteiger partial charge is 0.0658 e. The van der Waals surface area contributed by atoms with Gasteiger partial charge in [-0.05, 0) is 12.8 Å². The van der Waals surface area contributed by atoms with Gasteiger partial charge >= 0.3 is 0 Å². The van der Waals surface area contributed by atoms with Gasteiger partial charge in [0.05, 0.1) is 6.07 Å². The first kappa shape index (κ1) is 6.49. The fourth-order valence-electron chi connectivity index (χ4n) is 0.149. The molecule has 0 saturated carbocycles. The fourth-order valence-corrected chi connectivity index (χ4v) is 0.149. The molecule has 1 radical (unpaired) electrons. The molecule has 0 aliphatic carbocycles. The molecule has 1 nitrogen and oxygen atoms in total. The van der Waals surface area contributed by atoms with Crippen molar-refractivity contribution in [3.8, 4) is 6.07 Å². The molecule has 0 fully saturated rings. The highest BCUT2D eigenvalue weighted by Crippen LogP contribution is 2.05. The molecule has 0 rings (SSSR count). The third-order valence-corrected chi connectivity index (χ3v) is 0.971. The Bertz CT molecular complexity index is 78.7. The van der Waals surface area contributed by atoms with E-state index < -0.39 is 0 Å². The van der Waals surface area contributed by atoms with Gasteiger partial charge in [-0.1, -0.05) is 13.8 Å². The predicted octanol–water partition coefficient (Wildman–Crippen LogP) is 1.62. The zero-order valence-corrected chi connectivity index (χ0v) is 4.81. The number of rotatable bonds is 1. The topological polar surface area (TPSA) is 23.8 Å². The summed E-state index contributed by atoms with van der Waals surface area (Å²) in [5.41, 5.74) is 0. The van der Waals surface area contributed by atoms with E-state index in [1.807, 2.05) is 13.8 Å². The van der Waals surface area contributed by atoms with Gasteiger partial charge in [0, 0.05) is 5.92 Å². The molecule has 0 spiro atoms. The van der Waals surface area contributed by atoms with Crippen LogP contribution in [-0.2, 0) is 0 Å². The summed E-state index contributed by atoms with van der Waals surface area (Å²) in [6.07, 6.45) is 0. The maximum Gasteiger partial charge on any atom is 0.0658 e. The van der Waals surface area contributed by atoms with Crippen molar-refractivity contribution in [2.24, 2.45) is 11.8 Å². The second-order valence-corrected chi connectivity index (χ2v) is 1.98. The summed E-state index contributed by atoms with van der Waals surface area (Å²) in [7, 11) is 0. The Kier molecular flexibility index (Phi) is 2.44. The van der Waals surface area contributed by atoms with Gasteiger partial charge in [0.2, 0.25) is 0 Å². The van der Waals surface area contributed by atoms with Crippen molar-refractivity contribution in [3.05, 3.63) is 6.92 Å². The number of hydrogen-bond acceptors (Lipinski definition) is 1. The first-order valence-electron chi connectivity index (χ1n) is 2.41. The monoisotopic (exact) mass is 96.1 g/mol. The van der Waals surface area contributed by atoms with E-state index in [0.29, 0.717) is 5.92 Å². The number of hydrogen-bond donors (Lipinski definition) is 0. The van der Waals surface area contributed by atoms with Crippen molar-refractivity contribution >= 4 is 0 Å². The zero-order chi connectivity index (χ0) is 5.86. The highest BCUT2D eigenvalue weighted by atomic mass is 14.3. The van der Waals surface area contributed by atoms with Crippen LogP contribution in [0, 0.1) is 30.1 Å². The molecule has 0 amide bonds. The van der Waals surface area contributed by atoms with Crippen LogP contribution in [0.1, 0.15) is 13.8 Å². The molecular weight excluding hydrogens is 86.1 g/mol. The van der Waals surface area contributed by atoms with Crippen molar-refractivity contribution < 1.29 is 0 Å². The van der Waals surface area contributed by atoms with E-state index in [9.17, 15) is 0 Å². The Morgan fingerprint density at radius 1 is 1.57 bits per heavy atom. The first-order valence-corrected chi connectivity index (χ1v) is 2.41. The SMILES string of the molecule is [CH2]C(C#N)C(C)C. The largest absolute Gasteiger partial charge is 0.198 e. The van der Waals surface area contributed by atoms with Gasteiger partial charge in [-0.3, -0.25) is 0 Å². The molecule has 0 aromatic heterocycles. The van der Waals surface area contributed by atoms with Crippen LogP contribution >= 0.6 is 0 Å². The third kappa shape index (κ3) is 2.22. The highest BCUT2D eigenvalue weighted by Gasteiger charge is 2.02. The van der Waals surface area contributed by atoms with Gasteiger partial charge in [0.15, 0.2) is 0 Å². The van der Waals surface area contributed by atoms with Crippen molar-refractivity contribution in [1.29, 1.82) is 5.26 Å². The van der Waals surface area contributed by atoms with Crippen LogP contribution in [0.5, 0.6) is 0 Å². The molecule has 7 heavy (non-hydrogen) atoms. The van der Waals surface area contributed by atoms with E-state index in [1.165, 1.54) is 0 Å².